The Kier molecular flexibility index (Phi) is 4.44. The fourth-order valence-electron chi connectivity index (χ4n) is 6.52. The molecule has 40 heavy (non-hydrogen) atoms. The van der Waals surface area contributed by atoms with Crippen molar-refractivity contribution in [3.8, 4) is 11.4 Å². The van der Waals surface area contributed by atoms with Crippen LogP contribution in [0.3, 0.4) is 0 Å². The topological polar surface area (TPSA) is 9.86 Å². The number of aryl methyl sites for hydroxylation is 1. The Labute approximate surface area is 234 Å². The summed E-state index contributed by atoms with van der Waals surface area (Å²) in [4.78, 5) is 0. The van der Waals surface area contributed by atoms with E-state index in [2.05, 4.69) is 143 Å². The average Bonchev–Trinajstić information content (AvgIpc) is 3.63. The molecule has 0 saturated carbocycles. The van der Waals surface area contributed by atoms with Crippen LogP contribution in [0.4, 0.5) is 0 Å². The second-order valence-electron chi connectivity index (χ2n) is 10.7. The van der Waals surface area contributed by atoms with Gasteiger partial charge in [-0.3, -0.25) is 0 Å². The van der Waals surface area contributed by atoms with Gasteiger partial charge in [-0.1, -0.05) is 72.3 Å². The number of para-hydroxylation sites is 2. The Hall–Kier alpha value is -4.86. The Morgan fingerprint density at radius 1 is 0.400 bits per heavy atom. The lowest BCUT2D eigenvalue weighted by Gasteiger charge is -2.09. The van der Waals surface area contributed by atoms with Gasteiger partial charge in [0.1, 0.15) is 0 Å². The van der Waals surface area contributed by atoms with Crippen LogP contribution < -0.4 is 0 Å². The highest BCUT2D eigenvalue weighted by Gasteiger charge is 2.19. The number of thiophene rings is 1. The van der Waals surface area contributed by atoms with E-state index < -0.39 is 0 Å². The molecule has 188 valence electrons. The maximum atomic E-state index is 2.46. The number of fused-ring (bicyclic) bond motifs is 9. The summed E-state index contributed by atoms with van der Waals surface area (Å²) in [6.07, 6.45) is 0. The number of rotatable bonds is 2. The van der Waals surface area contributed by atoms with E-state index in [1.165, 1.54) is 80.7 Å². The normalized spacial score (nSPS) is 12.1. The Morgan fingerprint density at radius 2 is 0.950 bits per heavy atom. The largest absolute Gasteiger partial charge is 0.309 e. The molecule has 0 radical (unpaired) electrons. The fourth-order valence-corrected chi connectivity index (χ4v) is 7.65. The summed E-state index contributed by atoms with van der Waals surface area (Å²) < 4.78 is 7.55. The molecule has 0 bridgehead atoms. The van der Waals surface area contributed by atoms with Crippen LogP contribution in [0.25, 0.3) is 75.2 Å². The zero-order valence-corrected chi connectivity index (χ0v) is 22.7. The van der Waals surface area contributed by atoms with E-state index in [9.17, 15) is 0 Å². The number of aromatic nitrogens is 2. The highest BCUT2D eigenvalue weighted by atomic mass is 32.1. The predicted molar refractivity (Wildman–Crippen MR) is 173 cm³/mol. The average molecular weight is 529 g/mol. The maximum Gasteiger partial charge on any atom is 0.0548 e. The van der Waals surface area contributed by atoms with Gasteiger partial charge >= 0.3 is 0 Å². The summed E-state index contributed by atoms with van der Waals surface area (Å²) in [5, 5.41) is 7.78. The van der Waals surface area contributed by atoms with E-state index in [0.717, 1.165) is 0 Å². The standard InChI is InChI=1S/C37H24N2S/c1-23-15-17-25(18-16-23)39-34-19-28-26-11-5-7-13-32(26)38(24-9-3-2-4-10-24)33(28)20-29(34)30-22-37-31(21-35(30)39)27-12-6-8-14-36(27)40-37/h2-22H,1H3. The lowest BCUT2D eigenvalue weighted by atomic mass is 10.1. The molecule has 0 atom stereocenters. The van der Waals surface area contributed by atoms with Gasteiger partial charge in [-0.2, -0.15) is 0 Å². The first kappa shape index (κ1) is 22.0. The molecule has 0 saturated heterocycles. The van der Waals surface area contributed by atoms with Crippen molar-refractivity contribution in [2.45, 2.75) is 6.92 Å². The number of hydrogen-bond donors (Lipinski definition) is 0. The van der Waals surface area contributed by atoms with Crippen LogP contribution in [0.15, 0.2) is 127 Å². The molecule has 0 amide bonds. The molecule has 3 heterocycles. The molecule has 9 aromatic rings. The molecule has 0 unspecified atom stereocenters. The van der Waals surface area contributed by atoms with E-state index in [0.29, 0.717) is 0 Å². The van der Waals surface area contributed by atoms with Gasteiger partial charge in [-0.15, -0.1) is 11.3 Å². The molecule has 0 aliphatic rings. The summed E-state index contributed by atoms with van der Waals surface area (Å²) in [6, 6.07) is 46.9. The van der Waals surface area contributed by atoms with Gasteiger partial charge in [0.15, 0.2) is 0 Å². The van der Waals surface area contributed by atoms with Gasteiger partial charge in [-0.25, -0.2) is 0 Å². The van der Waals surface area contributed by atoms with Crippen LogP contribution in [-0.4, -0.2) is 9.13 Å². The molecule has 0 spiro atoms. The van der Waals surface area contributed by atoms with Crippen molar-refractivity contribution < 1.29 is 0 Å². The molecule has 9 rings (SSSR count). The Bertz CT molecular complexity index is 2420. The maximum absolute atomic E-state index is 2.46. The molecule has 2 nitrogen and oxygen atoms in total. The van der Waals surface area contributed by atoms with Crippen molar-refractivity contribution in [3.05, 3.63) is 133 Å². The first-order chi connectivity index (χ1) is 19.7. The van der Waals surface area contributed by atoms with E-state index >= 15 is 0 Å². The van der Waals surface area contributed by atoms with Crippen molar-refractivity contribution in [1.82, 2.24) is 9.13 Å². The Morgan fingerprint density at radius 3 is 1.73 bits per heavy atom. The first-order valence-corrected chi connectivity index (χ1v) is 14.5. The summed E-state index contributed by atoms with van der Waals surface area (Å²) in [5.74, 6) is 0. The third-order valence-corrected chi connectivity index (χ3v) is 9.50. The third-order valence-electron chi connectivity index (χ3n) is 8.36. The highest BCUT2D eigenvalue weighted by molar-refractivity contribution is 7.25. The van der Waals surface area contributed by atoms with Crippen LogP contribution in [0, 0.1) is 6.92 Å². The first-order valence-electron chi connectivity index (χ1n) is 13.7. The van der Waals surface area contributed by atoms with Crippen LogP contribution in [-0.2, 0) is 0 Å². The molecule has 3 heteroatoms. The van der Waals surface area contributed by atoms with E-state index in [4.69, 9.17) is 0 Å². The molecule has 6 aromatic carbocycles. The van der Waals surface area contributed by atoms with Gasteiger partial charge in [0.25, 0.3) is 0 Å². The lowest BCUT2D eigenvalue weighted by molar-refractivity contribution is 1.17. The third kappa shape index (κ3) is 2.98. The SMILES string of the molecule is Cc1ccc(-n2c3cc4c(cc3c3cc5c(cc32)c2ccccc2n5-c2ccccc2)sc2ccccc24)cc1. The second kappa shape index (κ2) is 8.08. The number of nitrogens with zero attached hydrogens (tertiary/aromatic N) is 2. The van der Waals surface area contributed by atoms with Gasteiger partial charge in [0, 0.05) is 53.1 Å². The molecular weight excluding hydrogens is 504 g/mol. The van der Waals surface area contributed by atoms with Gasteiger partial charge in [-0.05, 0) is 67.6 Å². The quantitative estimate of drug-likeness (QED) is 0.211. The zero-order chi connectivity index (χ0) is 26.4. The summed E-state index contributed by atoms with van der Waals surface area (Å²) in [7, 11) is 0. The fraction of sp³-hybridized carbons (Fsp3) is 0.0270. The lowest BCUT2D eigenvalue weighted by Crippen LogP contribution is -1.94. The Balaban J connectivity index is 1.49. The summed E-state index contributed by atoms with van der Waals surface area (Å²) in [6.45, 7) is 2.15. The summed E-state index contributed by atoms with van der Waals surface area (Å²) >= 11 is 1.89. The molecule has 0 fully saturated rings. The highest BCUT2D eigenvalue weighted by Crippen LogP contribution is 2.43. The minimum absolute atomic E-state index is 1.18. The second-order valence-corrected chi connectivity index (χ2v) is 11.8. The van der Waals surface area contributed by atoms with Crippen molar-refractivity contribution in [2.75, 3.05) is 0 Å². The summed E-state index contributed by atoms with van der Waals surface area (Å²) in [5.41, 5.74) is 8.60. The molecule has 3 aromatic heterocycles. The molecular formula is C37H24N2S. The van der Waals surface area contributed by atoms with E-state index in [1.54, 1.807) is 0 Å². The van der Waals surface area contributed by atoms with Crippen molar-refractivity contribution in [2.24, 2.45) is 0 Å². The van der Waals surface area contributed by atoms with Crippen molar-refractivity contribution in [3.63, 3.8) is 0 Å². The van der Waals surface area contributed by atoms with Crippen LogP contribution >= 0.6 is 11.3 Å². The number of hydrogen-bond acceptors (Lipinski definition) is 1. The molecule has 0 aliphatic heterocycles. The molecule has 0 N–H and O–H groups in total. The minimum Gasteiger partial charge on any atom is -0.309 e. The number of benzene rings is 6. The van der Waals surface area contributed by atoms with Gasteiger partial charge in [0.05, 0.1) is 22.1 Å². The monoisotopic (exact) mass is 528 g/mol. The van der Waals surface area contributed by atoms with Crippen molar-refractivity contribution >= 4 is 75.1 Å². The van der Waals surface area contributed by atoms with E-state index in [-0.39, 0.29) is 0 Å². The predicted octanol–water partition coefficient (Wildman–Crippen LogP) is 10.6. The smallest absolute Gasteiger partial charge is 0.0548 e. The minimum atomic E-state index is 1.18. The van der Waals surface area contributed by atoms with Crippen LogP contribution in [0.2, 0.25) is 0 Å². The van der Waals surface area contributed by atoms with Crippen LogP contribution in [0.1, 0.15) is 5.56 Å². The zero-order valence-electron chi connectivity index (χ0n) is 21.9. The van der Waals surface area contributed by atoms with Gasteiger partial charge in [0.2, 0.25) is 0 Å². The van der Waals surface area contributed by atoms with Gasteiger partial charge < -0.3 is 9.13 Å². The van der Waals surface area contributed by atoms with Crippen LogP contribution in [0.5, 0.6) is 0 Å². The molecule has 0 aliphatic carbocycles. The van der Waals surface area contributed by atoms with E-state index in [1.807, 2.05) is 11.3 Å². The van der Waals surface area contributed by atoms with Crippen molar-refractivity contribution in [1.29, 1.82) is 0 Å².